The number of aliphatic hydroxyl groups is 1. The van der Waals surface area contributed by atoms with Crippen LogP contribution in [0, 0.1) is 18.8 Å². The van der Waals surface area contributed by atoms with Gasteiger partial charge in [-0.15, -0.1) is 11.3 Å². The first-order chi connectivity index (χ1) is 17.9. The van der Waals surface area contributed by atoms with Crippen LogP contribution in [0.4, 0.5) is 11.8 Å². The van der Waals surface area contributed by atoms with E-state index in [-0.39, 0.29) is 12.1 Å². The van der Waals surface area contributed by atoms with Crippen LogP contribution in [0.2, 0.25) is 0 Å². The maximum Gasteiger partial charge on any atom is 0.225 e. The van der Waals surface area contributed by atoms with E-state index in [2.05, 4.69) is 56.3 Å². The first-order valence-corrected chi connectivity index (χ1v) is 15.0. The predicted molar refractivity (Wildman–Crippen MR) is 157 cm³/mol. The van der Waals surface area contributed by atoms with Gasteiger partial charge in [-0.2, -0.15) is 4.98 Å². The highest BCUT2D eigenvalue weighted by Gasteiger charge is 2.33. The number of nitrogens with one attached hydrogen (secondary N) is 2. The number of rotatable bonds is 13. The molecular formula is C29H44N6OS. The van der Waals surface area contributed by atoms with Gasteiger partial charge in [0, 0.05) is 24.5 Å². The highest BCUT2D eigenvalue weighted by Crippen LogP contribution is 2.39. The van der Waals surface area contributed by atoms with E-state index < -0.39 is 0 Å². The van der Waals surface area contributed by atoms with Crippen LogP contribution in [-0.2, 0) is 6.42 Å². The largest absolute Gasteiger partial charge is 0.393 e. The zero-order valence-electron chi connectivity index (χ0n) is 23.1. The molecule has 2 saturated carbocycles. The lowest BCUT2D eigenvalue weighted by atomic mass is 10.0. The van der Waals surface area contributed by atoms with Crippen molar-refractivity contribution in [1.82, 2.24) is 15.0 Å². The van der Waals surface area contributed by atoms with Gasteiger partial charge in [-0.1, -0.05) is 40.0 Å². The quantitative estimate of drug-likeness (QED) is 0.247. The number of hydrogen-bond donors (Lipinski definition) is 3. The molecule has 202 valence electrons. The van der Waals surface area contributed by atoms with Gasteiger partial charge in [0.1, 0.15) is 10.8 Å². The number of aromatic nitrogens is 3. The maximum atomic E-state index is 10.5. The molecule has 4 atom stereocenters. The summed E-state index contributed by atoms with van der Waals surface area (Å²) in [6.07, 6.45) is 14.9. The molecule has 0 aromatic carbocycles. The van der Waals surface area contributed by atoms with Crippen molar-refractivity contribution >= 4 is 35.4 Å². The molecule has 0 spiro atoms. The normalized spacial score (nSPS) is 22.8. The summed E-state index contributed by atoms with van der Waals surface area (Å²) in [4.78, 5) is 20.5. The molecule has 0 saturated heterocycles. The molecule has 0 amide bonds. The SMILES string of the molecule is CCCC=N/C=C\c1sc(-c2c(C)nc(N[C@H](C)C3CC3)nc2NC2CC(CC)[C@@H](O)C2)nc1CCC. The van der Waals surface area contributed by atoms with E-state index in [1.54, 1.807) is 11.3 Å². The van der Waals surface area contributed by atoms with Crippen molar-refractivity contribution in [2.75, 3.05) is 10.6 Å². The van der Waals surface area contributed by atoms with Crippen LogP contribution in [0.5, 0.6) is 0 Å². The fourth-order valence-electron chi connectivity index (χ4n) is 5.16. The van der Waals surface area contributed by atoms with Gasteiger partial charge in [0.05, 0.1) is 27.9 Å². The summed E-state index contributed by atoms with van der Waals surface area (Å²) in [5.41, 5.74) is 2.99. The molecular weight excluding hydrogens is 480 g/mol. The molecule has 3 N–H and O–H groups in total. The monoisotopic (exact) mass is 524 g/mol. The minimum Gasteiger partial charge on any atom is -0.393 e. The zero-order valence-corrected chi connectivity index (χ0v) is 23.9. The smallest absolute Gasteiger partial charge is 0.225 e. The fraction of sp³-hybridized carbons (Fsp3) is 0.655. The summed E-state index contributed by atoms with van der Waals surface area (Å²) >= 11 is 1.68. The van der Waals surface area contributed by atoms with Gasteiger partial charge < -0.3 is 15.7 Å². The van der Waals surface area contributed by atoms with Crippen LogP contribution in [0.15, 0.2) is 11.2 Å². The molecule has 8 heteroatoms. The minimum absolute atomic E-state index is 0.184. The third-order valence-electron chi connectivity index (χ3n) is 7.56. The topological polar surface area (TPSA) is 95.3 Å². The van der Waals surface area contributed by atoms with Crippen molar-refractivity contribution in [3.8, 4) is 10.6 Å². The molecule has 2 fully saturated rings. The van der Waals surface area contributed by atoms with E-state index in [0.29, 0.717) is 23.8 Å². The molecule has 0 aliphatic heterocycles. The van der Waals surface area contributed by atoms with Crippen LogP contribution >= 0.6 is 11.3 Å². The predicted octanol–water partition coefficient (Wildman–Crippen LogP) is 6.87. The Morgan fingerprint density at radius 1 is 1.14 bits per heavy atom. The molecule has 2 aliphatic rings. The van der Waals surface area contributed by atoms with Gasteiger partial charge in [-0.05, 0) is 70.3 Å². The molecule has 2 unspecified atom stereocenters. The first-order valence-electron chi connectivity index (χ1n) is 14.2. The van der Waals surface area contributed by atoms with Crippen LogP contribution in [-0.4, -0.2) is 44.5 Å². The van der Waals surface area contributed by atoms with Gasteiger partial charge >= 0.3 is 0 Å². The molecule has 7 nitrogen and oxygen atoms in total. The molecule has 37 heavy (non-hydrogen) atoms. The molecule has 2 aliphatic carbocycles. The molecule has 2 aromatic rings. The number of aliphatic hydroxyl groups excluding tert-OH is 1. The molecule has 0 bridgehead atoms. The van der Waals surface area contributed by atoms with E-state index in [0.717, 1.165) is 77.6 Å². The number of nitrogens with zero attached hydrogens (tertiary/aromatic N) is 4. The highest BCUT2D eigenvalue weighted by molar-refractivity contribution is 7.16. The Kier molecular flexibility index (Phi) is 9.71. The van der Waals surface area contributed by atoms with Crippen LogP contribution in [0.25, 0.3) is 16.6 Å². The van der Waals surface area contributed by atoms with Crippen LogP contribution in [0.1, 0.15) is 95.3 Å². The lowest BCUT2D eigenvalue weighted by Crippen LogP contribution is -2.22. The Balaban J connectivity index is 1.68. The van der Waals surface area contributed by atoms with Crippen molar-refractivity contribution < 1.29 is 5.11 Å². The number of hydrogen-bond acceptors (Lipinski definition) is 8. The standard InChI is InChI=1S/C29H44N6OS/c1-6-9-14-30-15-13-25-23(10-7-2)34-28(37-25)26-19(5)32-29(31-18(4)21-11-12-21)35-27(26)33-22-16-20(8-3)24(36)17-22/h13-15,18,20-22,24,36H,6-12,16-17H2,1-5H3,(H2,31,32,33,35)/b15-13-,30-14?/t18-,20?,22?,24+/m1/s1. The van der Waals surface area contributed by atoms with Crippen molar-refractivity contribution in [3.63, 3.8) is 0 Å². The van der Waals surface area contributed by atoms with Crippen molar-refractivity contribution in [3.05, 3.63) is 22.5 Å². The van der Waals surface area contributed by atoms with E-state index >= 15 is 0 Å². The Morgan fingerprint density at radius 2 is 1.95 bits per heavy atom. The Labute approximate surface area is 226 Å². The summed E-state index contributed by atoms with van der Waals surface area (Å²) < 4.78 is 0. The number of anilines is 2. The van der Waals surface area contributed by atoms with Gasteiger partial charge in [0.15, 0.2) is 0 Å². The molecule has 4 rings (SSSR count). The van der Waals surface area contributed by atoms with Crippen LogP contribution in [0.3, 0.4) is 0 Å². The summed E-state index contributed by atoms with van der Waals surface area (Å²) in [7, 11) is 0. The summed E-state index contributed by atoms with van der Waals surface area (Å²) in [5, 5.41) is 18.7. The number of aryl methyl sites for hydroxylation is 2. The van der Waals surface area contributed by atoms with Crippen LogP contribution < -0.4 is 10.6 Å². The lowest BCUT2D eigenvalue weighted by molar-refractivity contribution is 0.130. The number of aliphatic imine (C=N–C) groups is 1. The summed E-state index contributed by atoms with van der Waals surface area (Å²) in [6.45, 7) is 10.8. The second kappa shape index (κ2) is 13.0. The lowest BCUT2D eigenvalue weighted by Gasteiger charge is -2.20. The average Bonchev–Trinajstić information content (AvgIpc) is 3.56. The highest BCUT2D eigenvalue weighted by atomic mass is 32.1. The second-order valence-corrected chi connectivity index (χ2v) is 11.7. The number of unbranched alkanes of at least 4 members (excludes halogenated alkanes) is 1. The van der Waals surface area contributed by atoms with Crippen molar-refractivity contribution in [2.24, 2.45) is 16.8 Å². The maximum absolute atomic E-state index is 10.5. The summed E-state index contributed by atoms with van der Waals surface area (Å²) in [5.74, 6) is 2.53. The first kappa shape index (κ1) is 27.7. The Hall–Kier alpha value is -2.32. The van der Waals surface area contributed by atoms with Gasteiger partial charge in [-0.25, -0.2) is 9.97 Å². The second-order valence-electron chi connectivity index (χ2n) is 10.7. The van der Waals surface area contributed by atoms with E-state index in [1.807, 2.05) is 12.4 Å². The van der Waals surface area contributed by atoms with Crippen molar-refractivity contribution in [1.29, 1.82) is 0 Å². The zero-order chi connectivity index (χ0) is 26.4. The van der Waals surface area contributed by atoms with E-state index in [4.69, 9.17) is 15.0 Å². The van der Waals surface area contributed by atoms with Crippen molar-refractivity contribution in [2.45, 2.75) is 111 Å². The van der Waals surface area contributed by atoms with Gasteiger partial charge in [-0.3, -0.25) is 4.99 Å². The molecule has 2 heterocycles. The summed E-state index contributed by atoms with van der Waals surface area (Å²) in [6, 6.07) is 0.543. The molecule has 2 aromatic heterocycles. The average molecular weight is 525 g/mol. The van der Waals surface area contributed by atoms with Gasteiger partial charge in [0.25, 0.3) is 0 Å². The molecule has 0 radical (unpaired) electrons. The number of thiazole rings is 1. The van der Waals surface area contributed by atoms with E-state index in [1.165, 1.54) is 12.8 Å². The third-order valence-corrected chi connectivity index (χ3v) is 8.64. The van der Waals surface area contributed by atoms with E-state index in [9.17, 15) is 5.11 Å². The Bertz CT molecular complexity index is 1090. The third kappa shape index (κ3) is 7.17. The fourth-order valence-corrected chi connectivity index (χ4v) is 6.27. The minimum atomic E-state index is -0.262. The Morgan fingerprint density at radius 3 is 2.62 bits per heavy atom. The van der Waals surface area contributed by atoms with Gasteiger partial charge in [0.2, 0.25) is 5.95 Å².